The van der Waals surface area contributed by atoms with E-state index in [2.05, 4.69) is 0 Å². The Bertz CT molecular complexity index is 379. The lowest BCUT2D eigenvalue weighted by Crippen LogP contribution is -1.87. The molecule has 1 aromatic rings. The van der Waals surface area contributed by atoms with Crippen molar-refractivity contribution in [2.75, 3.05) is 7.11 Å². The summed E-state index contributed by atoms with van der Waals surface area (Å²) >= 11 is 0. The summed E-state index contributed by atoms with van der Waals surface area (Å²) in [7, 11) is 1.42. The predicted molar refractivity (Wildman–Crippen MR) is 52.2 cm³/mol. The molecule has 0 aliphatic heterocycles. The first-order chi connectivity index (χ1) is 6.77. The third-order valence-electron chi connectivity index (χ3n) is 1.70. The van der Waals surface area contributed by atoms with Gasteiger partial charge < -0.3 is 4.74 Å². The lowest BCUT2D eigenvalue weighted by Gasteiger charge is -2.01. The van der Waals surface area contributed by atoms with Crippen molar-refractivity contribution >= 4 is 6.08 Å². The fourth-order valence-electron chi connectivity index (χ4n) is 1.03. The maximum Gasteiger partial charge on any atom is 0.165 e. The number of nitriles is 1. The van der Waals surface area contributed by atoms with Crippen LogP contribution in [0.25, 0.3) is 6.08 Å². The maximum atomic E-state index is 13.1. The topological polar surface area (TPSA) is 33.0 Å². The SMILES string of the molecule is COc1ccc(C=CCC#N)cc1F. The summed E-state index contributed by atoms with van der Waals surface area (Å²) in [6.07, 6.45) is 3.71. The Kier molecular flexibility index (Phi) is 3.69. The Morgan fingerprint density at radius 3 is 2.93 bits per heavy atom. The number of methoxy groups -OCH3 is 1. The van der Waals surface area contributed by atoms with Crippen LogP contribution < -0.4 is 4.74 Å². The maximum absolute atomic E-state index is 13.1. The quantitative estimate of drug-likeness (QED) is 0.735. The number of benzene rings is 1. The third kappa shape index (κ3) is 2.60. The second kappa shape index (κ2) is 5.03. The van der Waals surface area contributed by atoms with E-state index in [4.69, 9.17) is 10.00 Å². The van der Waals surface area contributed by atoms with E-state index in [-0.39, 0.29) is 5.75 Å². The highest BCUT2D eigenvalue weighted by Crippen LogP contribution is 2.18. The van der Waals surface area contributed by atoms with Gasteiger partial charge in [0.1, 0.15) is 0 Å². The molecule has 0 fully saturated rings. The molecule has 14 heavy (non-hydrogen) atoms. The summed E-state index contributed by atoms with van der Waals surface area (Å²) in [5.74, 6) is -0.172. The molecule has 0 saturated heterocycles. The summed E-state index contributed by atoms with van der Waals surface area (Å²) in [6.45, 7) is 0. The number of hydrogen-bond donors (Lipinski definition) is 0. The first kappa shape index (κ1) is 10.3. The van der Waals surface area contributed by atoms with Crippen molar-refractivity contribution in [3.05, 3.63) is 35.7 Å². The molecule has 72 valence electrons. The first-order valence-electron chi connectivity index (χ1n) is 4.15. The van der Waals surface area contributed by atoms with Crippen LogP contribution in [0.5, 0.6) is 5.75 Å². The molecule has 1 rings (SSSR count). The van der Waals surface area contributed by atoms with E-state index in [1.807, 2.05) is 6.07 Å². The van der Waals surface area contributed by atoms with Crippen LogP contribution in [0.4, 0.5) is 4.39 Å². The molecule has 2 nitrogen and oxygen atoms in total. The first-order valence-corrected chi connectivity index (χ1v) is 4.15. The van der Waals surface area contributed by atoms with Crippen molar-refractivity contribution < 1.29 is 9.13 Å². The summed E-state index contributed by atoms with van der Waals surface area (Å²) in [6, 6.07) is 6.63. The van der Waals surface area contributed by atoms with Gasteiger partial charge in [0.25, 0.3) is 0 Å². The van der Waals surface area contributed by atoms with E-state index >= 15 is 0 Å². The molecule has 0 saturated carbocycles. The van der Waals surface area contributed by atoms with Crippen LogP contribution in [-0.4, -0.2) is 7.11 Å². The monoisotopic (exact) mass is 191 g/mol. The molecule has 0 spiro atoms. The van der Waals surface area contributed by atoms with Gasteiger partial charge in [-0.3, -0.25) is 0 Å². The van der Waals surface area contributed by atoms with E-state index in [9.17, 15) is 4.39 Å². The highest BCUT2D eigenvalue weighted by atomic mass is 19.1. The van der Waals surface area contributed by atoms with Gasteiger partial charge >= 0.3 is 0 Å². The van der Waals surface area contributed by atoms with E-state index in [0.29, 0.717) is 6.42 Å². The predicted octanol–water partition coefficient (Wildman–Crippen LogP) is 2.76. The second-order valence-electron chi connectivity index (χ2n) is 2.66. The van der Waals surface area contributed by atoms with Crippen molar-refractivity contribution in [2.45, 2.75) is 6.42 Å². The average molecular weight is 191 g/mol. The zero-order chi connectivity index (χ0) is 10.4. The molecule has 1 aromatic carbocycles. The molecule has 0 N–H and O–H groups in total. The molecule has 0 unspecified atom stereocenters. The standard InChI is InChI=1S/C11H10FNO/c1-14-11-6-5-9(8-10(11)12)4-2-3-7-13/h2,4-6,8H,3H2,1H3. The smallest absolute Gasteiger partial charge is 0.165 e. The minimum absolute atomic E-state index is 0.224. The number of nitrogens with zero attached hydrogens (tertiary/aromatic N) is 1. The largest absolute Gasteiger partial charge is 0.494 e. The number of allylic oxidation sites excluding steroid dienone is 1. The molecule has 0 radical (unpaired) electrons. The van der Waals surface area contributed by atoms with Crippen molar-refractivity contribution in [1.29, 1.82) is 5.26 Å². The zero-order valence-corrected chi connectivity index (χ0v) is 7.83. The number of ether oxygens (including phenoxy) is 1. The average Bonchev–Trinajstić information content (AvgIpc) is 2.18. The van der Waals surface area contributed by atoms with Gasteiger partial charge in [-0.05, 0) is 17.7 Å². The molecule has 0 bridgehead atoms. The summed E-state index contributed by atoms with van der Waals surface area (Å²) in [5, 5.41) is 8.29. The highest BCUT2D eigenvalue weighted by Gasteiger charge is 2.00. The Balaban J connectivity index is 2.82. The molecular weight excluding hydrogens is 181 g/mol. The van der Waals surface area contributed by atoms with E-state index in [0.717, 1.165) is 5.56 Å². The Morgan fingerprint density at radius 1 is 1.57 bits per heavy atom. The van der Waals surface area contributed by atoms with Crippen molar-refractivity contribution in [3.63, 3.8) is 0 Å². The van der Waals surface area contributed by atoms with E-state index in [1.54, 1.807) is 24.3 Å². The van der Waals surface area contributed by atoms with Gasteiger partial charge in [-0.2, -0.15) is 5.26 Å². The molecule has 0 aliphatic rings. The molecule has 0 heterocycles. The molecule has 0 aromatic heterocycles. The summed E-state index contributed by atoms with van der Waals surface area (Å²) in [4.78, 5) is 0. The van der Waals surface area contributed by atoms with Gasteiger partial charge in [-0.15, -0.1) is 0 Å². The molecule has 0 atom stereocenters. The fourth-order valence-corrected chi connectivity index (χ4v) is 1.03. The molecular formula is C11H10FNO. The van der Waals surface area contributed by atoms with Crippen molar-refractivity contribution in [3.8, 4) is 11.8 Å². The molecule has 3 heteroatoms. The summed E-state index contributed by atoms with van der Waals surface area (Å²) < 4.78 is 17.9. The van der Waals surface area contributed by atoms with Crippen LogP contribution in [-0.2, 0) is 0 Å². The van der Waals surface area contributed by atoms with Gasteiger partial charge in [0, 0.05) is 0 Å². The Morgan fingerprint density at radius 2 is 2.36 bits per heavy atom. The van der Waals surface area contributed by atoms with Crippen LogP contribution in [0, 0.1) is 17.1 Å². The van der Waals surface area contributed by atoms with Crippen LogP contribution in [0.1, 0.15) is 12.0 Å². The van der Waals surface area contributed by atoms with Crippen molar-refractivity contribution in [1.82, 2.24) is 0 Å². The van der Waals surface area contributed by atoms with Crippen molar-refractivity contribution in [2.24, 2.45) is 0 Å². The van der Waals surface area contributed by atoms with Crippen LogP contribution in [0.2, 0.25) is 0 Å². The van der Waals surface area contributed by atoms with Crippen LogP contribution in [0.3, 0.4) is 0 Å². The minimum atomic E-state index is -0.397. The number of halogens is 1. The normalized spacial score (nSPS) is 10.1. The van der Waals surface area contributed by atoms with E-state index in [1.165, 1.54) is 13.2 Å². The van der Waals surface area contributed by atoms with Gasteiger partial charge in [0.05, 0.1) is 19.6 Å². The summed E-state index contributed by atoms with van der Waals surface area (Å²) in [5.41, 5.74) is 0.721. The van der Waals surface area contributed by atoms with Crippen LogP contribution in [0.15, 0.2) is 24.3 Å². The van der Waals surface area contributed by atoms with Gasteiger partial charge in [0.2, 0.25) is 0 Å². The van der Waals surface area contributed by atoms with Gasteiger partial charge in [-0.1, -0.05) is 18.2 Å². The molecule has 0 aliphatic carbocycles. The second-order valence-corrected chi connectivity index (χ2v) is 2.66. The Hall–Kier alpha value is -1.82. The van der Waals surface area contributed by atoms with Gasteiger partial charge in [-0.25, -0.2) is 4.39 Å². The van der Waals surface area contributed by atoms with Crippen LogP contribution >= 0.6 is 0 Å². The zero-order valence-electron chi connectivity index (χ0n) is 7.83. The fraction of sp³-hybridized carbons (Fsp3) is 0.182. The number of rotatable bonds is 3. The minimum Gasteiger partial charge on any atom is -0.494 e. The lowest BCUT2D eigenvalue weighted by molar-refractivity contribution is 0.386. The van der Waals surface area contributed by atoms with Gasteiger partial charge in [0.15, 0.2) is 11.6 Å². The molecule has 0 amide bonds. The highest BCUT2D eigenvalue weighted by molar-refractivity contribution is 5.51. The third-order valence-corrected chi connectivity index (χ3v) is 1.70. The Labute approximate surface area is 82.2 Å². The van der Waals surface area contributed by atoms with E-state index < -0.39 is 5.82 Å². The number of hydrogen-bond acceptors (Lipinski definition) is 2. The lowest BCUT2D eigenvalue weighted by atomic mass is 10.2.